The minimum Gasteiger partial charge on any atom is -0.251 e. The van der Waals surface area contributed by atoms with Crippen molar-refractivity contribution in [3.8, 4) is 0 Å². The van der Waals surface area contributed by atoms with Gasteiger partial charge in [-0.2, -0.15) is 0 Å². The van der Waals surface area contributed by atoms with Crippen molar-refractivity contribution in [2.45, 2.75) is 183 Å². The maximum Gasteiger partial charge on any atom is 0.0848 e. The average Bonchev–Trinajstić information content (AvgIpc) is 3.00. The summed E-state index contributed by atoms with van der Waals surface area (Å²) in [5.41, 5.74) is 9.19. The van der Waals surface area contributed by atoms with Crippen molar-refractivity contribution in [3.63, 3.8) is 0 Å². The van der Waals surface area contributed by atoms with E-state index >= 15 is 0 Å². The molecule has 0 saturated carbocycles. The van der Waals surface area contributed by atoms with Gasteiger partial charge in [0.15, 0.2) is 0 Å². The summed E-state index contributed by atoms with van der Waals surface area (Å²) in [6.07, 6.45) is 34.4. The van der Waals surface area contributed by atoms with Crippen LogP contribution in [0, 0.1) is 27.7 Å². The maximum absolute atomic E-state index is 5.20. The third kappa shape index (κ3) is 21.7. The van der Waals surface area contributed by atoms with Gasteiger partial charge >= 0.3 is 0 Å². The van der Waals surface area contributed by atoms with Gasteiger partial charge in [-0.05, 0) is 106 Å². The maximum atomic E-state index is 5.20. The molecule has 2 aromatic carbocycles. The Morgan fingerprint density at radius 1 is 0.468 bits per heavy atom. The largest absolute Gasteiger partial charge is 0.251 e. The number of hydrogen-bond donors (Lipinski definition) is 0. The monoisotopic (exact) mass is 732 g/mol. The SMILES string of the molecule is CCCCCCCCCCCCCCCCCCCC/C=C/C(=N\c1cc(C)cc(C)c1)C(/CCCC)=N/c1cc(C)cc(C)c1.[Pd]. The smallest absolute Gasteiger partial charge is 0.0848 e. The molecule has 0 bridgehead atoms. The van der Waals surface area contributed by atoms with Crippen LogP contribution in [0.15, 0.2) is 58.5 Å². The third-order valence-corrected chi connectivity index (χ3v) is 8.99. The molecular formula is C44H70N2Pd. The van der Waals surface area contributed by atoms with Gasteiger partial charge in [0, 0.05) is 20.4 Å². The predicted octanol–water partition coefficient (Wildman–Crippen LogP) is 14.9. The summed E-state index contributed by atoms with van der Waals surface area (Å²) in [6.45, 7) is 13.2. The van der Waals surface area contributed by atoms with E-state index in [9.17, 15) is 0 Å². The fourth-order valence-electron chi connectivity index (χ4n) is 6.47. The minimum absolute atomic E-state index is 0. The molecule has 0 aliphatic rings. The molecule has 266 valence electrons. The zero-order valence-corrected chi connectivity index (χ0v) is 32.9. The quantitative estimate of drug-likeness (QED) is 0.0523. The van der Waals surface area contributed by atoms with Gasteiger partial charge in [-0.15, -0.1) is 0 Å². The first kappa shape index (κ1) is 43.2. The molecule has 0 atom stereocenters. The van der Waals surface area contributed by atoms with Crippen molar-refractivity contribution in [1.82, 2.24) is 0 Å². The van der Waals surface area contributed by atoms with E-state index in [4.69, 9.17) is 9.98 Å². The summed E-state index contributed by atoms with van der Waals surface area (Å²) >= 11 is 0. The molecule has 0 saturated heterocycles. The van der Waals surface area contributed by atoms with Crippen molar-refractivity contribution < 1.29 is 20.4 Å². The van der Waals surface area contributed by atoms with E-state index in [-0.39, 0.29) is 20.4 Å². The molecular weight excluding hydrogens is 663 g/mol. The predicted molar refractivity (Wildman–Crippen MR) is 208 cm³/mol. The van der Waals surface area contributed by atoms with Crippen LogP contribution in [0.2, 0.25) is 0 Å². The molecule has 0 unspecified atom stereocenters. The molecule has 0 fully saturated rings. The van der Waals surface area contributed by atoms with Gasteiger partial charge in [-0.25, -0.2) is 4.99 Å². The Morgan fingerprint density at radius 3 is 1.23 bits per heavy atom. The van der Waals surface area contributed by atoms with Crippen LogP contribution >= 0.6 is 0 Å². The molecule has 0 N–H and O–H groups in total. The second kappa shape index (κ2) is 28.1. The first-order valence-corrected chi connectivity index (χ1v) is 19.4. The zero-order chi connectivity index (χ0) is 33.2. The molecule has 2 rings (SSSR count). The van der Waals surface area contributed by atoms with Crippen molar-refractivity contribution in [3.05, 3.63) is 70.8 Å². The zero-order valence-electron chi connectivity index (χ0n) is 31.4. The molecule has 0 aliphatic carbocycles. The van der Waals surface area contributed by atoms with Crippen molar-refractivity contribution in [2.24, 2.45) is 9.98 Å². The summed E-state index contributed by atoms with van der Waals surface area (Å²) in [6, 6.07) is 13.2. The molecule has 0 aliphatic heterocycles. The number of aryl methyl sites for hydroxylation is 4. The van der Waals surface area contributed by atoms with E-state index in [0.717, 1.165) is 48.5 Å². The van der Waals surface area contributed by atoms with Gasteiger partial charge in [-0.3, -0.25) is 4.99 Å². The first-order valence-electron chi connectivity index (χ1n) is 19.4. The second-order valence-electron chi connectivity index (χ2n) is 14.1. The molecule has 2 nitrogen and oxygen atoms in total. The van der Waals surface area contributed by atoms with E-state index in [0.29, 0.717) is 0 Å². The number of allylic oxidation sites excluding steroid dienone is 2. The number of benzene rings is 2. The first-order chi connectivity index (χ1) is 22.4. The third-order valence-electron chi connectivity index (χ3n) is 8.99. The number of aliphatic imine (C=N–C) groups is 2. The second-order valence-corrected chi connectivity index (χ2v) is 14.1. The molecule has 2 aromatic rings. The van der Waals surface area contributed by atoms with Crippen LogP contribution in [0.3, 0.4) is 0 Å². The summed E-state index contributed by atoms with van der Waals surface area (Å²) in [5.74, 6) is 0. The Balaban J connectivity index is 0.0000110. The van der Waals surface area contributed by atoms with Gasteiger partial charge in [0.1, 0.15) is 0 Å². The topological polar surface area (TPSA) is 24.7 Å². The number of rotatable bonds is 26. The Labute approximate surface area is 305 Å². The molecule has 0 spiro atoms. The van der Waals surface area contributed by atoms with Crippen molar-refractivity contribution >= 4 is 22.8 Å². The molecule has 47 heavy (non-hydrogen) atoms. The van der Waals surface area contributed by atoms with Crippen LogP contribution in [0.4, 0.5) is 11.4 Å². The van der Waals surface area contributed by atoms with E-state index in [2.05, 4.69) is 90.1 Å². The standard InChI is InChI=1S/C44H70N2.Pd/c1-7-9-11-12-13-14-15-16-17-18-19-20-21-22-23-24-25-26-27-28-30-44(46-42-35-39(5)32-40(6)36-42)43(29-10-8-2)45-41-33-37(3)31-38(4)34-41;/h28,30-36H,7-27,29H2,1-6H3;/b30-28+,45-43+,46-44+;. The van der Waals surface area contributed by atoms with E-state index < -0.39 is 0 Å². The summed E-state index contributed by atoms with van der Waals surface area (Å²) < 4.78 is 0. The van der Waals surface area contributed by atoms with E-state index in [1.54, 1.807) is 0 Å². The van der Waals surface area contributed by atoms with Gasteiger partial charge in [-0.1, -0.05) is 148 Å². The van der Waals surface area contributed by atoms with E-state index in [1.807, 2.05) is 0 Å². The van der Waals surface area contributed by atoms with Crippen molar-refractivity contribution in [2.75, 3.05) is 0 Å². The molecule has 0 amide bonds. The molecule has 0 aromatic heterocycles. The van der Waals surface area contributed by atoms with Crippen LogP contribution in [0.1, 0.15) is 177 Å². The van der Waals surface area contributed by atoms with Gasteiger partial charge in [0.2, 0.25) is 0 Å². The minimum atomic E-state index is 0. The van der Waals surface area contributed by atoms with Crippen LogP contribution in [-0.2, 0) is 20.4 Å². The van der Waals surface area contributed by atoms with Crippen LogP contribution in [-0.4, -0.2) is 11.4 Å². The van der Waals surface area contributed by atoms with Crippen LogP contribution < -0.4 is 0 Å². The van der Waals surface area contributed by atoms with Crippen LogP contribution in [0.5, 0.6) is 0 Å². The Morgan fingerprint density at radius 2 is 0.830 bits per heavy atom. The summed E-state index contributed by atoms with van der Waals surface area (Å²) in [4.78, 5) is 10.4. The Hall–Kier alpha value is -1.82. The Kier molecular flexibility index (Phi) is 25.8. The molecule has 0 heterocycles. The van der Waals surface area contributed by atoms with E-state index in [1.165, 1.54) is 138 Å². The number of nitrogens with zero attached hydrogens (tertiary/aromatic N) is 2. The normalized spacial score (nSPS) is 12.2. The fraction of sp³-hybridized carbons (Fsp3) is 0.636. The molecule has 3 heteroatoms. The fourth-order valence-corrected chi connectivity index (χ4v) is 6.47. The molecule has 0 radical (unpaired) electrons. The summed E-state index contributed by atoms with van der Waals surface area (Å²) in [7, 11) is 0. The number of unbranched alkanes of at least 4 members (excludes halogenated alkanes) is 19. The van der Waals surface area contributed by atoms with Crippen LogP contribution in [0.25, 0.3) is 0 Å². The average molecular weight is 733 g/mol. The summed E-state index contributed by atoms with van der Waals surface area (Å²) in [5, 5.41) is 0. The van der Waals surface area contributed by atoms with Gasteiger partial charge in [0.25, 0.3) is 0 Å². The van der Waals surface area contributed by atoms with Gasteiger partial charge in [0.05, 0.1) is 22.8 Å². The van der Waals surface area contributed by atoms with Crippen molar-refractivity contribution in [1.29, 1.82) is 0 Å². The number of hydrogen-bond acceptors (Lipinski definition) is 2. The van der Waals surface area contributed by atoms with Gasteiger partial charge < -0.3 is 0 Å². The Bertz CT molecular complexity index is 1130.